The first-order valence-electron chi connectivity index (χ1n) is 6.19. The van der Waals surface area contributed by atoms with Crippen molar-refractivity contribution in [3.05, 3.63) is 23.9 Å². The number of hydrogen-bond acceptors (Lipinski definition) is 4. The van der Waals surface area contributed by atoms with Crippen LogP contribution in [0.2, 0.25) is 0 Å². The number of thioether (sulfide) groups is 1. The average Bonchev–Trinajstić information content (AvgIpc) is 2.33. The first-order valence-corrected chi connectivity index (χ1v) is 7.24. The zero-order chi connectivity index (χ0) is 12.4. The summed E-state index contributed by atoms with van der Waals surface area (Å²) in [5.74, 6) is 2.26. The Balaban J connectivity index is 2.16. The van der Waals surface area contributed by atoms with Crippen molar-refractivity contribution in [3.8, 4) is 0 Å². The molecular weight excluding hydrogens is 230 g/mol. The van der Waals surface area contributed by atoms with E-state index in [0.29, 0.717) is 11.3 Å². The summed E-state index contributed by atoms with van der Waals surface area (Å²) in [6.45, 7) is 7.63. The molecule has 1 aliphatic heterocycles. The molecule has 2 rings (SSSR count). The van der Waals surface area contributed by atoms with Gasteiger partial charge in [0.05, 0.1) is 0 Å². The van der Waals surface area contributed by atoms with Crippen molar-refractivity contribution < 1.29 is 0 Å². The number of hydrogen-bond donors (Lipinski definition) is 1. The second kappa shape index (κ2) is 5.27. The van der Waals surface area contributed by atoms with Crippen LogP contribution in [-0.4, -0.2) is 28.6 Å². The van der Waals surface area contributed by atoms with Gasteiger partial charge in [-0.25, -0.2) is 4.98 Å². The average molecular weight is 251 g/mol. The highest BCUT2D eigenvalue weighted by Crippen LogP contribution is 2.28. The molecule has 2 heterocycles. The fourth-order valence-electron chi connectivity index (χ4n) is 2.09. The Hall–Kier alpha value is -0.740. The van der Waals surface area contributed by atoms with Crippen molar-refractivity contribution in [1.29, 1.82) is 0 Å². The van der Waals surface area contributed by atoms with Crippen LogP contribution < -0.4 is 10.6 Å². The van der Waals surface area contributed by atoms with Crippen molar-refractivity contribution in [2.45, 2.75) is 38.1 Å². The lowest BCUT2D eigenvalue weighted by molar-refractivity contribution is 0.620. The van der Waals surface area contributed by atoms with Gasteiger partial charge in [0.1, 0.15) is 5.82 Å². The van der Waals surface area contributed by atoms with E-state index in [1.54, 1.807) is 0 Å². The maximum atomic E-state index is 5.83. The van der Waals surface area contributed by atoms with Gasteiger partial charge in [-0.2, -0.15) is 11.8 Å². The summed E-state index contributed by atoms with van der Waals surface area (Å²) < 4.78 is 0. The van der Waals surface area contributed by atoms with Gasteiger partial charge in [-0.1, -0.05) is 13.0 Å². The Morgan fingerprint density at radius 2 is 2.24 bits per heavy atom. The van der Waals surface area contributed by atoms with Gasteiger partial charge in [0.15, 0.2) is 0 Å². The third-order valence-corrected chi connectivity index (χ3v) is 4.81. The largest absolute Gasteiger partial charge is 0.352 e. The molecule has 1 saturated heterocycles. The number of nitrogens with zero attached hydrogens (tertiary/aromatic N) is 2. The zero-order valence-corrected chi connectivity index (χ0v) is 11.6. The first kappa shape index (κ1) is 12.7. The first-order chi connectivity index (χ1) is 8.09. The van der Waals surface area contributed by atoms with E-state index in [4.69, 9.17) is 5.73 Å². The molecule has 4 heteroatoms. The number of pyridine rings is 1. The van der Waals surface area contributed by atoms with E-state index in [-0.39, 0.29) is 6.04 Å². The Kier molecular flexibility index (Phi) is 3.94. The Morgan fingerprint density at radius 1 is 1.47 bits per heavy atom. The van der Waals surface area contributed by atoms with Crippen LogP contribution in [0, 0.1) is 0 Å². The topological polar surface area (TPSA) is 42.1 Å². The molecule has 0 saturated carbocycles. The van der Waals surface area contributed by atoms with Gasteiger partial charge in [0.2, 0.25) is 0 Å². The maximum absolute atomic E-state index is 5.83. The predicted molar refractivity (Wildman–Crippen MR) is 75.6 cm³/mol. The standard InChI is InChI=1S/C13H21N3S/c1-9(14)12-4-5-13(15-8-12)16-6-7-17-11(3)10(16)2/h4-5,8-11H,6-7,14H2,1-3H3/t9-,10?,11?/m0/s1. The minimum Gasteiger partial charge on any atom is -0.352 e. The molecule has 2 unspecified atom stereocenters. The van der Waals surface area contributed by atoms with Crippen LogP contribution in [-0.2, 0) is 0 Å². The highest BCUT2D eigenvalue weighted by atomic mass is 32.2. The molecule has 1 aromatic heterocycles. The molecule has 0 bridgehead atoms. The third kappa shape index (κ3) is 2.75. The van der Waals surface area contributed by atoms with Crippen molar-refractivity contribution in [1.82, 2.24) is 4.98 Å². The summed E-state index contributed by atoms with van der Waals surface area (Å²) in [4.78, 5) is 6.94. The molecule has 0 amide bonds. The molecule has 0 aromatic carbocycles. The minimum atomic E-state index is 0.0600. The fraction of sp³-hybridized carbons (Fsp3) is 0.615. The van der Waals surface area contributed by atoms with E-state index < -0.39 is 0 Å². The monoisotopic (exact) mass is 251 g/mol. The quantitative estimate of drug-likeness (QED) is 0.876. The SMILES string of the molecule is CC1SCCN(c2ccc([C@H](C)N)cn2)C1C. The van der Waals surface area contributed by atoms with Crippen LogP contribution in [0.4, 0.5) is 5.82 Å². The van der Waals surface area contributed by atoms with Gasteiger partial charge in [0, 0.05) is 35.8 Å². The number of aromatic nitrogens is 1. The molecule has 3 atom stereocenters. The van der Waals surface area contributed by atoms with E-state index in [2.05, 4.69) is 35.9 Å². The summed E-state index contributed by atoms with van der Waals surface area (Å²) in [7, 11) is 0. The predicted octanol–water partition coefficient (Wildman–Crippen LogP) is 2.43. The van der Waals surface area contributed by atoms with Crippen LogP contribution in [0.1, 0.15) is 32.4 Å². The lowest BCUT2D eigenvalue weighted by Crippen LogP contribution is -2.45. The van der Waals surface area contributed by atoms with Gasteiger partial charge < -0.3 is 10.6 Å². The zero-order valence-electron chi connectivity index (χ0n) is 10.8. The minimum absolute atomic E-state index is 0.0600. The van der Waals surface area contributed by atoms with E-state index >= 15 is 0 Å². The third-order valence-electron chi connectivity index (χ3n) is 3.47. The van der Waals surface area contributed by atoms with Crippen LogP contribution in [0.25, 0.3) is 0 Å². The number of anilines is 1. The smallest absolute Gasteiger partial charge is 0.128 e. The molecule has 2 N–H and O–H groups in total. The summed E-state index contributed by atoms with van der Waals surface area (Å²) in [5.41, 5.74) is 6.93. The summed E-state index contributed by atoms with van der Waals surface area (Å²) in [5, 5.41) is 0.665. The van der Waals surface area contributed by atoms with Crippen LogP contribution in [0.5, 0.6) is 0 Å². The van der Waals surface area contributed by atoms with Gasteiger partial charge >= 0.3 is 0 Å². The lowest BCUT2D eigenvalue weighted by atomic mass is 10.1. The molecule has 0 aliphatic carbocycles. The van der Waals surface area contributed by atoms with Crippen molar-refractivity contribution in [2.75, 3.05) is 17.2 Å². The second-order valence-corrected chi connectivity index (χ2v) is 6.23. The Morgan fingerprint density at radius 3 is 2.82 bits per heavy atom. The van der Waals surface area contributed by atoms with E-state index in [9.17, 15) is 0 Å². The maximum Gasteiger partial charge on any atom is 0.128 e. The molecule has 0 radical (unpaired) electrons. The molecule has 0 spiro atoms. The lowest BCUT2D eigenvalue weighted by Gasteiger charge is -2.38. The van der Waals surface area contributed by atoms with Gasteiger partial charge in [-0.15, -0.1) is 0 Å². The summed E-state index contributed by atoms with van der Waals surface area (Å²) in [6, 6.07) is 4.79. The molecule has 1 aliphatic rings. The van der Waals surface area contributed by atoms with Crippen molar-refractivity contribution >= 4 is 17.6 Å². The molecule has 94 valence electrons. The van der Waals surface area contributed by atoms with E-state index in [1.807, 2.05) is 24.9 Å². The summed E-state index contributed by atoms with van der Waals surface area (Å²) in [6.07, 6.45) is 1.90. The van der Waals surface area contributed by atoms with Crippen LogP contribution in [0.3, 0.4) is 0 Å². The summed E-state index contributed by atoms with van der Waals surface area (Å²) >= 11 is 2.04. The van der Waals surface area contributed by atoms with Crippen molar-refractivity contribution in [2.24, 2.45) is 5.73 Å². The second-order valence-electron chi connectivity index (χ2n) is 4.75. The molecule has 3 nitrogen and oxygen atoms in total. The highest BCUT2D eigenvalue weighted by molar-refractivity contribution is 8.00. The van der Waals surface area contributed by atoms with Crippen LogP contribution >= 0.6 is 11.8 Å². The molecular formula is C13H21N3S. The van der Waals surface area contributed by atoms with Gasteiger partial charge in [0.25, 0.3) is 0 Å². The highest BCUT2D eigenvalue weighted by Gasteiger charge is 2.25. The van der Waals surface area contributed by atoms with Crippen molar-refractivity contribution in [3.63, 3.8) is 0 Å². The molecule has 17 heavy (non-hydrogen) atoms. The van der Waals surface area contributed by atoms with E-state index in [0.717, 1.165) is 17.9 Å². The Labute approximate surface area is 108 Å². The molecule has 1 aromatic rings. The Bertz CT molecular complexity index is 363. The number of rotatable bonds is 2. The molecule has 1 fully saturated rings. The fourth-order valence-corrected chi connectivity index (χ4v) is 3.19. The van der Waals surface area contributed by atoms with Gasteiger partial charge in [-0.05, 0) is 25.5 Å². The van der Waals surface area contributed by atoms with Gasteiger partial charge in [-0.3, -0.25) is 0 Å². The number of nitrogens with two attached hydrogens (primary N) is 1. The van der Waals surface area contributed by atoms with E-state index in [1.165, 1.54) is 5.75 Å². The normalized spacial score (nSPS) is 26.9. The van der Waals surface area contributed by atoms with Crippen LogP contribution in [0.15, 0.2) is 18.3 Å².